The number of rotatable bonds is 0. The van der Waals surface area contributed by atoms with E-state index in [0.29, 0.717) is 13.1 Å². The topological polar surface area (TPSA) is 37.4 Å². The summed E-state index contributed by atoms with van der Waals surface area (Å²) >= 11 is 0. The summed E-state index contributed by atoms with van der Waals surface area (Å²) in [6, 6.07) is 2.84. The van der Waals surface area contributed by atoms with Gasteiger partial charge in [-0.05, 0) is 6.92 Å². The van der Waals surface area contributed by atoms with E-state index in [1.807, 2.05) is 4.90 Å². The van der Waals surface area contributed by atoms with E-state index in [4.69, 9.17) is 0 Å². The smallest absolute Gasteiger partial charge is 0.153 e. The summed E-state index contributed by atoms with van der Waals surface area (Å²) < 4.78 is 21.9. The second-order valence-electron chi connectivity index (χ2n) is 2.50. The first kappa shape index (κ1) is 8.41. The van der Waals surface area contributed by atoms with Crippen molar-refractivity contribution in [1.82, 2.24) is 4.90 Å². The Morgan fingerprint density at radius 3 is 2.27 bits per heavy atom. The molecule has 0 amide bonds. The number of hydrogen-bond acceptors (Lipinski definition) is 3. The number of sulfone groups is 1. The Labute approximate surface area is 67.3 Å². The van der Waals surface area contributed by atoms with Crippen LogP contribution in [0.3, 0.4) is 0 Å². The normalized spacial score (nSPS) is 22.1. The maximum Gasteiger partial charge on any atom is 0.153 e. The molecule has 3 nitrogen and oxygen atoms in total. The molecule has 0 unspecified atom stereocenters. The van der Waals surface area contributed by atoms with Gasteiger partial charge in [0.2, 0.25) is 0 Å². The van der Waals surface area contributed by atoms with Crippen LogP contribution in [0.5, 0.6) is 0 Å². The lowest BCUT2D eigenvalue weighted by molar-refractivity contribution is 0.424. The highest BCUT2D eigenvalue weighted by Gasteiger charge is 2.19. The molecule has 0 saturated carbocycles. The first-order chi connectivity index (χ1) is 5.14. The van der Waals surface area contributed by atoms with Crippen molar-refractivity contribution < 1.29 is 8.42 Å². The minimum Gasteiger partial charge on any atom is -0.331 e. The van der Waals surface area contributed by atoms with E-state index in [0.717, 1.165) is 0 Å². The summed E-state index contributed by atoms with van der Waals surface area (Å²) in [6.07, 6.45) is 0. The standard InChI is InChI=1S/C7H11NO2S/c1-2-3-8-4-6-11(9,10)7-5-8/h4-7H2,1H3. The van der Waals surface area contributed by atoms with Gasteiger partial charge in [0.15, 0.2) is 9.84 Å². The highest BCUT2D eigenvalue weighted by molar-refractivity contribution is 7.91. The zero-order chi connectivity index (χ0) is 8.32. The Balaban J connectivity index is 2.53. The summed E-state index contributed by atoms with van der Waals surface area (Å²) in [5.41, 5.74) is 0. The van der Waals surface area contributed by atoms with Crippen LogP contribution in [-0.2, 0) is 9.84 Å². The largest absolute Gasteiger partial charge is 0.331 e. The van der Waals surface area contributed by atoms with Gasteiger partial charge >= 0.3 is 0 Å². The summed E-state index contributed by atoms with van der Waals surface area (Å²) in [7, 11) is -2.74. The lowest BCUT2D eigenvalue weighted by atomic mass is 10.5. The molecule has 62 valence electrons. The van der Waals surface area contributed by atoms with E-state index in [-0.39, 0.29) is 11.5 Å². The fourth-order valence-corrected chi connectivity index (χ4v) is 2.18. The Morgan fingerprint density at radius 2 is 1.82 bits per heavy atom. The SMILES string of the molecule is CC#CN1CCS(=O)(=O)CC1. The molecule has 4 heteroatoms. The maximum absolute atomic E-state index is 10.9. The zero-order valence-corrected chi connectivity index (χ0v) is 7.32. The molecule has 0 aromatic rings. The van der Waals surface area contributed by atoms with Crippen molar-refractivity contribution in [2.75, 3.05) is 24.6 Å². The van der Waals surface area contributed by atoms with Crippen LogP contribution in [0.1, 0.15) is 6.92 Å². The summed E-state index contributed by atoms with van der Waals surface area (Å²) in [6.45, 7) is 2.87. The molecule has 0 spiro atoms. The average Bonchev–Trinajstić information content (AvgIpc) is 1.94. The van der Waals surface area contributed by atoms with E-state index < -0.39 is 9.84 Å². The molecule has 1 fully saturated rings. The molecule has 1 aliphatic rings. The zero-order valence-electron chi connectivity index (χ0n) is 6.50. The van der Waals surface area contributed by atoms with Crippen molar-refractivity contribution in [3.8, 4) is 12.0 Å². The highest BCUT2D eigenvalue weighted by Crippen LogP contribution is 2.01. The van der Waals surface area contributed by atoms with Gasteiger partial charge in [0.05, 0.1) is 11.5 Å². The van der Waals surface area contributed by atoms with Gasteiger partial charge in [-0.1, -0.05) is 5.92 Å². The Hall–Kier alpha value is -0.690. The molecule has 11 heavy (non-hydrogen) atoms. The van der Waals surface area contributed by atoms with Gasteiger partial charge < -0.3 is 4.90 Å². The van der Waals surface area contributed by atoms with Crippen molar-refractivity contribution >= 4 is 9.84 Å². The summed E-state index contributed by atoms with van der Waals surface area (Å²) in [5, 5.41) is 0. The van der Waals surface area contributed by atoms with Gasteiger partial charge in [0.1, 0.15) is 0 Å². The fraction of sp³-hybridized carbons (Fsp3) is 0.714. The third-order valence-electron chi connectivity index (χ3n) is 1.61. The minimum atomic E-state index is -2.74. The summed E-state index contributed by atoms with van der Waals surface area (Å²) in [4.78, 5) is 1.85. The molecule has 0 aromatic heterocycles. The van der Waals surface area contributed by atoms with Gasteiger partial charge in [-0.15, -0.1) is 0 Å². The third-order valence-corrected chi connectivity index (χ3v) is 3.22. The number of hydrogen-bond donors (Lipinski definition) is 0. The number of nitrogens with zero attached hydrogens (tertiary/aromatic N) is 1. The molecular weight excluding hydrogens is 162 g/mol. The quantitative estimate of drug-likeness (QED) is 0.472. The molecule has 0 radical (unpaired) electrons. The van der Waals surface area contributed by atoms with E-state index in [1.54, 1.807) is 6.92 Å². The average molecular weight is 173 g/mol. The van der Waals surface area contributed by atoms with Crippen LogP contribution in [0, 0.1) is 12.0 Å². The molecule has 0 atom stereocenters. The highest BCUT2D eigenvalue weighted by atomic mass is 32.2. The van der Waals surface area contributed by atoms with Gasteiger partial charge in [-0.25, -0.2) is 8.42 Å². The monoisotopic (exact) mass is 173 g/mol. The predicted octanol–water partition coefficient (Wildman–Crippen LogP) is -0.302. The molecule has 1 heterocycles. The molecule has 1 rings (SSSR count). The predicted molar refractivity (Wildman–Crippen MR) is 43.7 cm³/mol. The van der Waals surface area contributed by atoms with E-state index >= 15 is 0 Å². The van der Waals surface area contributed by atoms with Crippen LogP contribution in [-0.4, -0.2) is 37.9 Å². The van der Waals surface area contributed by atoms with Crippen LogP contribution in [0.25, 0.3) is 0 Å². The second-order valence-corrected chi connectivity index (χ2v) is 4.80. The van der Waals surface area contributed by atoms with E-state index in [9.17, 15) is 8.42 Å². The van der Waals surface area contributed by atoms with Gasteiger partial charge in [-0.3, -0.25) is 0 Å². The van der Waals surface area contributed by atoms with Crippen LogP contribution >= 0.6 is 0 Å². The van der Waals surface area contributed by atoms with Crippen molar-refractivity contribution in [3.05, 3.63) is 0 Å². The molecule has 1 aliphatic heterocycles. The van der Waals surface area contributed by atoms with Gasteiger partial charge in [0, 0.05) is 19.1 Å². The lowest BCUT2D eigenvalue weighted by Crippen LogP contribution is -2.37. The Morgan fingerprint density at radius 1 is 1.27 bits per heavy atom. The molecule has 0 N–H and O–H groups in total. The van der Waals surface area contributed by atoms with Crippen LogP contribution in [0.15, 0.2) is 0 Å². The van der Waals surface area contributed by atoms with Crippen molar-refractivity contribution in [2.24, 2.45) is 0 Å². The van der Waals surface area contributed by atoms with E-state index in [1.165, 1.54) is 0 Å². The van der Waals surface area contributed by atoms with Crippen LogP contribution in [0.2, 0.25) is 0 Å². The van der Waals surface area contributed by atoms with Gasteiger partial charge in [-0.2, -0.15) is 0 Å². The van der Waals surface area contributed by atoms with Gasteiger partial charge in [0.25, 0.3) is 0 Å². The molecule has 0 aromatic carbocycles. The fourth-order valence-electron chi connectivity index (χ4n) is 0.982. The lowest BCUT2D eigenvalue weighted by Gasteiger charge is -2.22. The van der Waals surface area contributed by atoms with Crippen LogP contribution in [0.4, 0.5) is 0 Å². The van der Waals surface area contributed by atoms with Crippen molar-refractivity contribution in [1.29, 1.82) is 0 Å². The van der Waals surface area contributed by atoms with Crippen molar-refractivity contribution in [3.63, 3.8) is 0 Å². The van der Waals surface area contributed by atoms with Crippen molar-refractivity contribution in [2.45, 2.75) is 6.92 Å². The third kappa shape index (κ3) is 2.43. The molecule has 0 aliphatic carbocycles. The maximum atomic E-state index is 10.9. The Bertz CT molecular complexity index is 269. The van der Waals surface area contributed by atoms with Crippen LogP contribution < -0.4 is 0 Å². The first-order valence-corrected chi connectivity index (χ1v) is 5.34. The van der Waals surface area contributed by atoms with E-state index in [2.05, 4.69) is 12.0 Å². The Kier molecular flexibility index (Phi) is 2.40. The molecule has 1 saturated heterocycles. The summed E-state index contributed by atoms with van der Waals surface area (Å²) in [5.74, 6) is 3.25. The second kappa shape index (κ2) is 3.14. The minimum absolute atomic E-state index is 0.252. The molecular formula is C7H11NO2S. The first-order valence-electron chi connectivity index (χ1n) is 3.52. The molecule has 0 bridgehead atoms.